The third-order valence-corrected chi connectivity index (χ3v) is 3.33. The average molecular weight is 303 g/mol. The fraction of sp³-hybridized carbons (Fsp3) is 0.412. The molecule has 0 saturated carbocycles. The number of nitrogens with zero attached hydrogens (tertiary/aromatic N) is 2. The van der Waals surface area contributed by atoms with Crippen molar-refractivity contribution in [2.45, 2.75) is 33.2 Å². The van der Waals surface area contributed by atoms with Gasteiger partial charge in [0.15, 0.2) is 0 Å². The zero-order valence-corrected chi connectivity index (χ0v) is 13.4. The van der Waals surface area contributed by atoms with Gasteiger partial charge in [0.05, 0.1) is 0 Å². The summed E-state index contributed by atoms with van der Waals surface area (Å²) in [6.07, 6.45) is 3.78. The molecule has 2 rings (SSSR count). The molecule has 0 bridgehead atoms. The van der Waals surface area contributed by atoms with Gasteiger partial charge >= 0.3 is 0 Å². The van der Waals surface area contributed by atoms with E-state index in [2.05, 4.69) is 10.3 Å². The van der Waals surface area contributed by atoms with Gasteiger partial charge in [-0.1, -0.05) is 39.0 Å². The zero-order valence-electron chi connectivity index (χ0n) is 13.4. The van der Waals surface area contributed by atoms with Crippen molar-refractivity contribution in [1.82, 2.24) is 14.9 Å². The van der Waals surface area contributed by atoms with Crippen LogP contribution in [0.1, 0.15) is 44.6 Å². The molecule has 22 heavy (non-hydrogen) atoms. The Balaban J connectivity index is 2.34. The standard InChI is InChI=1S/C17H22FN3O/c1-17(2,3)11-14(22)20-15(16-19-9-10-21(16)4)12-7-5-6-8-13(12)18/h5-10,15H,11H2,1-4H3,(H,20,22). The molecular weight excluding hydrogens is 281 g/mol. The predicted molar refractivity (Wildman–Crippen MR) is 83.7 cm³/mol. The number of rotatable bonds is 4. The molecule has 0 spiro atoms. The van der Waals surface area contributed by atoms with Crippen molar-refractivity contribution in [2.75, 3.05) is 0 Å². The number of amides is 1. The van der Waals surface area contributed by atoms with Crippen molar-refractivity contribution in [3.05, 3.63) is 53.9 Å². The number of hydrogen-bond donors (Lipinski definition) is 1. The summed E-state index contributed by atoms with van der Waals surface area (Å²) in [6.45, 7) is 5.97. The van der Waals surface area contributed by atoms with E-state index in [1.54, 1.807) is 35.2 Å². The van der Waals surface area contributed by atoms with Crippen molar-refractivity contribution in [1.29, 1.82) is 0 Å². The minimum Gasteiger partial charge on any atom is -0.342 e. The summed E-state index contributed by atoms with van der Waals surface area (Å²) in [6, 6.07) is 5.85. The largest absolute Gasteiger partial charge is 0.342 e. The minimum absolute atomic E-state index is 0.122. The molecule has 2 aromatic rings. The Kier molecular flexibility index (Phi) is 4.64. The van der Waals surface area contributed by atoms with Crippen LogP contribution in [-0.2, 0) is 11.8 Å². The van der Waals surface area contributed by atoms with Crippen molar-refractivity contribution >= 4 is 5.91 Å². The number of halogens is 1. The Morgan fingerprint density at radius 3 is 2.59 bits per heavy atom. The van der Waals surface area contributed by atoms with Gasteiger partial charge in [-0.2, -0.15) is 0 Å². The van der Waals surface area contributed by atoms with Crippen LogP contribution in [0.5, 0.6) is 0 Å². The summed E-state index contributed by atoms with van der Waals surface area (Å²) in [5, 5.41) is 2.91. The second kappa shape index (κ2) is 6.30. The van der Waals surface area contributed by atoms with Crippen LogP contribution in [0.4, 0.5) is 4.39 Å². The zero-order chi connectivity index (χ0) is 16.3. The van der Waals surface area contributed by atoms with Crippen LogP contribution in [0.25, 0.3) is 0 Å². The molecule has 0 aliphatic heterocycles. The number of carbonyl (C=O) groups excluding carboxylic acids is 1. The molecular formula is C17H22FN3O. The van der Waals surface area contributed by atoms with Crippen molar-refractivity contribution in [2.24, 2.45) is 12.5 Å². The van der Waals surface area contributed by atoms with Crippen LogP contribution in [0.2, 0.25) is 0 Å². The van der Waals surface area contributed by atoms with Crippen molar-refractivity contribution < 1.29 is 9.18 Å². The maximum absolute atomic E-state index is 14.2. The van der Waals surface area contributed by atoms with Gasteiger partial charge in [-0.3, -0.25) is 4.79 Å². The highest BCUT2D eigenvalue weighted by molar-refractivity contribution is 5.77. The molecule has 1 N–H and O–H groups in total. The fourth-order valence-corrected chi connectivity index (χ4v) is 2.34. The maximum Gasteiger partial charge on any atom is 0.221 e. The van der Waals surface area contributed by atoms with E-state index in [9.17, 15) is 9.18 Å². The third-order valence-electron chi connectivity index (χ3n) is 3.33. The van der Waals surface area contributed by atoms with E-state index < -0.39 is 6.04 Å². The Hall–Kier alpha value is -2.17. The van der Waals surface area contributed by atoms with Crippen LogP contribution in [-0.4, -0.2) is 15.5 Å². The predicted octanol–water partition coefficient (Wildman–Crippen LogP) is 3.20. The monoisotopic (exact) mass is 303 g/mol. The summed E-state index contributed by atoms with van der Waals surface area (Å²) in [5.41, 5.74) is 0.282. The Morgan fingerprint density at radius 2 is 2.05 bits per heavy atom. The molecule has 1 unspecified atom stereocenters. The summed E-state index contributed by atoms with van der Waals surface area (Å²) < 4.78 is 15.9. The molecule has 1 atom stereocenters. The number of nitrogens with one attached hydrogen (secondary N) is 1. The van der Waals surface area contributed by atoms with Gasteiger partial charge in [-0.05, 0) is 11.5 Å². The Labute approximate surface area is 130 Å². The van der Waals surface area contributed by atoms with E-state index in [0.29, 0.717) is 17.8 Å². The van der Waals surface area contributed by atoms with E-state index in [1.165, 1.54) is 6.07 Å². The lowest BCUT2D eigenvalue weighted by atomic mass is 9.91. The maximum atomic E-state index is 14.2. The highest BCUT2D eigenvalue weighted by Gasteiger charge is 2.25. The number of imidazole rings is 1. The topological polar surface area (TPSA) is 46.9 Å². The van der Waals surface area contributed by atoms with Crippen LogP contribution < -0.4 is 5.32 Å². The lowest BCUT2D eigenvalue weighted by Gasteiger charge is -2.23. The van der Waals surface area contributed by atoms with E-state index in [1.807, 2.05) is 27.8 Å². The van der Waals surface area contributed by atoms with Crippen LogP contribution in [0, 0.1) is 11.2 Å². The number of aryl methyl sites for hydroxylation is 1. The Bertz CT molecular complexity index is 658. The van der Waals surface area contributed by atoms with Crippen molar-refractivity contribution in [3.63, 3.8) is 0 Å². The van der Waals surface area contributed by atoms with Crippen LogP contribution in [0.3, 0.4) is 0 Å². The number of hydrogen-bond acceptors (Lipinski definition) is 2. The molecule has 0 aliphatic rings. The van der Waals surface area contributed by atoms with Gasteiger partial charge in [0.1, 0.15) is 17.7 Å². The molecule has 4 nitrogen and oxygen atoms in total. The summed E-state index contributed by atoms with van der Waals surface area (Å²) >= 11 is 0. The Morgan fingerprint density at radius 1 is 1.36 bits per heavy atom. The van der Waals surface area contributed by atoms with Gasteiger partial charge in [0, 0.05) is 31.4 Å². The molecule has 0 fully saturated rings. The molecule has 5 heteroatoms. The molecule has 1 aromatic carbocycles. The van der Waals surface area contributed by atoms with Gasteiger partial charge in [-0.15, -0.1) is 0 Å². The number of carbonyl (C=O) groups is 1. The smallest absolute Gasteiger partial charge is 0.221 e. The van der Waals surface area contributed by atoms with Gasteiger partial charge < -0.3 is 9.88 Å². The molecule has 0 radical (unpaired) electrons. The SMILES string of the molecule is Cn1ccnc1C(NC(=O)CC(C)(C)C)c1ccccc1F. The number of benzene rings is 1. The minimum atomic E-state index is -0.601. The van der Waals surface area contributed by atoms with Gasteiger partial charge in [-0.25, -0.2) is 9.37 Å². The first-order valence-electron chi connectivity index (χ1n) is 7.29. The van der Waals surface area contributed by atoms with Crippen molar-refractivity contribution in [3.8, 4) is 0 Å². The first-order valence-corrected chi connectivity index (χ1v) is 7.29. The highest BCUT2D eigenvalue weighted by Crippen LogP contribution is 2.25. The molecule has 1 amide bonds. The van der Waals surface area contributed by atoms with E-state index >= 15 is 0 Å². The lowest BCUT2D eigenvalue weighted by molar-refractivity contribution is -0.123. The molecule has 118 valence electrons. The van der Waals surface area contributed by atoms with Gasteiger partial charge in [0.25, 0.3) is 0 Å². The van der Waals surface area contributed by atoms with Crippen LogP contribution >= 0.6 is 0 Å². The molecule has 0 aliphatic carbocycles. The molecule has 1 heterocycles. The lowest BCUT2D eigenvalue weighted by Crippen LogP contribution is -2.33. The van der Waals surface area contributed by atoms with Gasteiger partial charge in [0.2, 0.25) is 5.91 Å². The van der Waals surface area contributed by atoms with E-state index in [0.717, 1.165) is 0 Å². The second-order valence-electron chi connectivity index (χ2n) is 6.66. The summed E-state index contributed by atoms with van der Waals surface area (Å²) in [5.74, 6) is 0.127. The molecule has 1 aromatic heterocycles. The molecule has 0 saturated heterocycles. The third kappa shape index (κ3) is 3.93. The first-order chi connectivity index (χ1) is 10.3. The normalized spacial score (nSPS) is 13.0. The average Bonchev–Trinajstić information content (AvgIpc) is 2.81. The summed E-state index contributed by atoms with van der Waals surface area (Å²) in [4.78, 5) is 16.6. The quantitative estimate of drug-likeness (QED) is 0.943. The van der Waals surface area contributed by atoms with E-state index in [-0.39, 0.29) is 17.1 Å². The first kappa shape index (κ1) is 16.2. The summed E-state index contributed by atoms with van der Waals surface area (Å²) in [7, 11) is 1.83. The van der Waals surface area contributed by atoms with Crippen LogP contribution in [0.15, 0.2) is 36.7 Å². The second-order valence-corrected chi connectivity index (χ2v) is 6.66. The van der Waals surface area contributed by atoms with E-state index in [4.69, 9.17) is 0 Å². The highest BCUT2D eigenvalue weighted by atomic mass is 19.1. The number of aromatic nitrogens is 2. The fourth-order valence-electron chi connectivity index (χ4n) is 2.34.